The van der Waals surface area contributed by atoms with Crippen molar-refractivity contribution in [3.05, 3.63) is 0 Å². The number of rotatable bonds is 5. The van der Waals surface area contributed by atoms with Crippen LogP contribution in [-0.4, -0.2) is 92.5 Å². The molecule has 0 aromatic rings. The Labute approximate surface area is 180 Å². The average Bonchev–Trinajstić information content (AvgIpc) is 3.60. The molecule has 5 unspecified atom stereocenters. The van der Waals surface area contributed by atoms with E-state index >= 15 is 0 Å². The van der Waals surface area contributed by atoms with Crippen molar-refractivity contribution in [2.45, 2.75) is 63.6 Å². The Hall–Kier alpha value is -1.26. The molecule has 0 aromatic heterocycles. The summed E-state index contributed by atoms with van der Waals surface area (Å²) in [5.41, 5.74) is 0. The minimum Gasteiger partial charge on any atom is -0.359 e. The van der Waals surface area contributed by atoms with Gasteiger partial charge in [0.15, 0.2) is 0 Å². The van der Waals surface area contributed by atoms with Crippen LogP contribution in [0.25, 0.3) is 0 Å². The van der Waals surface area contributed by atoms with Gasteiger partial charge in [-0.3, -0.25) is 30.4 Å². The third kappa shape index (κ3) is 5.31. The molecule has 3 saturated heterocycles. The quantitative estimate of drug-likeness (QED) is 0.381. The van der Waals surface area contributed by atoms with Crippen LogP contribution in [0.1, 0.15) is 39.0 Å². The zero-order valence-electron chi connectivity index (χ0n) is 18.5. The molecule has 5 atom stereocenters. The van der Waals surface area contributed by atoms with Crippen LogP contribution in [0, 0.1) is 11.8 Å². The standard InChI is InChI=1S/C21H39N7O2/c1-14(29)27-8-3-9-28(11-10-27)21-24-13-17(20(30)22-2)19(26-21)25-16-6-7-18(23-12-16)15-4-5-15/h15-19,21,23-26H,3-13H2,1-2H3,(H,22,30). The van der Waals surface area contributed by atoms with Gasteiger partial charge in [0.05, 0.1) is 12.1 Å². The molecule has 1 saturated carbocycles. The number of amides is 2. The Morgan fingerprint density at radius 3 is 2.47 bits per heavy atom. The molecule has 1 aliphatic carbocycles. The Bertz CT molecular complexity index is 606. The summed E-state index contributed by atoms with van der Waals surface area (Å²) in [7, 11) is 1.71. The van der Waals surface area contributed by atoms with Crippen LogP contribution in [0.5, 0.6) is 0 Å². The molecule has 3 heterocycles. The van der Waals surface area contributed by atoms with Crippen molar-refractivity contribution in [3.8, 4) is 0 Å². The fourth-order valence-corrected chi connectivity index (χ4v) is 5.22. The van der Waals surface area contributed by atoms with E-state index in [1.165, 1.54) is 19.3 Å². The van der Waals surface area contributed by atoms with E-state index in [2.05, 4.69) is 31.5 Å². The van der Waals surface area contributed by atoms with Crippen LogP contribution >= 0.6 is 0 Å². The predicted molar refractivity (Wildman–Crippen MR) is 115 cm³/mol. The van der Waals surface area contributed by atoms with Crippen LogP contribution in [0.4, 0.5) is 0 Å². The molecular formula is C21H39N7O2. The normalized spacial score (nSPS) is 36.2. The van der Waals surface area contributed by atoms with E-state index in [1.807, 2.05) is 4.90 Å². The van der Waals surface area contributed by atoms with E-state index in [0.717, 1.165) is 51.5 Å². The van der Waals surface area contributed by atoms with Crippen molar-refractivity contribution in [2.24, 2.45) is 11.8 Å². The second-order valence-corrected chi connectivity index (χ2v) is 9.36. The number of nitrogens with zero attached hydrogens (tertiary/aromatic N) is 2. The first-order valence-electron chi connectivity index (χ1n) is 11.7. The van der Waals surface area contributed by atoms with E-state index in [4.69, 9.17) is 0 Å². The predicted octanol–water partition coefficient (Wildman–Crippen LogP) is -1.17. The number of hydrogen-bond donors (Lipinski definition) is 5. The molecule has 9 heteroatoms. The average molecular weight is 422 g/mol. The van der Waals surface area contributed by atoms with E-state index in [0.29, 0.717) is 18.6 Å². The van der Waals surface area contributed by atoms with Crippen molar-refractivity contribution in [2.75, 3.05) is 46.3 Å². The Balaban J connectivity index is 1.35. The highest BCUT2D eigenvalue weighted by molar-refractivity contribution is 5.79. The zero-order chi connectivity index (χ0) is 21.1. The fraction of sp³-hybridized carbons (Fsp3) is 0.905. The van der Waals surface area contributed by atoms with Crippen molar-refractivity contribution in [1.29, 1.82) is 0 Å². The van der Waals surface area contributed by atoms with Crippen molar-refractivity contribution in [3.63, 3.8) is 0 Å². The van der Waals surface area contributed by atoms with Gasteiger partial charge in [0, 0.05) is 65.3 Å². The SMILES string of the molecule is CNC(=O)C1CNC(N2CCCN(C(C)=O)CC2)NC1NC1CCC(C2CC2)NC1. The van der Waals surface area contributed by atoms with Crippen LogP contribution in [0.2, 0.25) is 0 Å². The van der Waals surface area contributed by atoms with E-state index in [9.17, 15) is 9.59 Å². The second kappa shape index (κ2) is 9.91. The van der Waals surface area contributed by atoms with Gasteiger partial charge < -0.3 is 15.5 Å². The Morgan fingerprint density at radius 2 is 1.80 bits per heavy atom. The van der Waals surface area contributed by atoms with Crippen LogP contribution in [0.15, 0.2) is 0 Å². The highest BCUT2D eigenvalue weighted by atomic mass is 16.2. The molecule has 170 valence electrons. The fourth-order valence-electron chi connectivity index (χ4n) is 5.22. The number of piperidine rings is 1. The molecule has 5 N–H and O–H groups in total. The maximum atomic E-state index is 12.5. The molecule has 2 amide bonds. The molecule has 4 rings (SSSR count). The molecule has 4 fully saturated rings. The lowest BCUT2D eigenvalue weighted by Crippen LogP contribution is -2.72. The van der Waals surface area contributed by atoms with Crippen molar-refractivity contribution >= 4 is 11.8 Å². The number of hydrogen-bond acceptors (Lipinski definition) is 7. The van der Waals surface area contributed by atoms with Crippen LogP contribution in [-0.2, 0) is 9.59 Å². The summed E-state index contributed by atoms with van der Waals surface area (Å²) in [5.74, 6) is 0.941. The molecule has 30 heavy (non-hydrogen) atoms. The summed E-state index contributed by atoms with van der Waals surface area (Å²) in [5, 5.41) is 17.5. The minimum absolute atomic E-state index is 0.00563. The third-order valence-corrected chi connectivity index (χ3v) is 7.25. The van der Waals surface area contributed by atoms with Crippen molar-refractivity contribution < 1.29 is 9.59 Å². The van der Waals surface area contributed by atoms with Gasteiger partial charge in [-0.15, -0.1) is 0 Å². The smallest absolute Gasteiger partial charge is 0.227 e. The highest BCUT2D eigenvalue weighted by Crippen LogP contribution is 2.35. The van der Waals surface area contributed by atoms with E-state index in [1.54, 1.807) is 14.0 Å². The summed E-state index contributed by atoms with van der Waals surface area (Å²) in [4.78, 5) is 28.6. The maximum absolute atomic E-state index is 12.5. The van der Waals surface area contributed by atoms with Gasteiger partial charge in [-0.25, -0.2) is 0 Å². The van der Waals surface area contributed by atoms with Crippen LogP contribution in [0.3, 0.4) is 0 Å². The van der Waals surface area contributed by atoms with Gasteiger partial charge in [0.2, 0.25) is 11.8 Å². The summed E-state index contributed by atoms with van der Waals surface area (Å²) in [6.07, 6.45) is 6.02. The third-order valence-electron chi connectivity index (χ3n) is 7.25. The lowest BCUT2D eigenvalue weighted by molar-refractivity contribution is -0.129. The second-order valence-electron chi connectivity index (χ2n) is 9.36. The number of carbonyl (C=O) groups is 2. The topological polar surface area (TPSA) is 101 Å². The van der Waals surface area contributed by atoms with Crippen molar-refractivity contribution in [1.82, 2.24) is 36.4 Å². The zero-order valence-corrected chi connectivity index (χ0v) is 18.5. The Morgan fingerprint density at radius 1 is 0.967 bits per heavy atom. The van der Waals surface area contributed by atoms with E-state index < -0.39 is 0 Å². The largest absolute Gasteiger partial charge is 0.359 e. The summed E-state index contributed by atoms with van der Waals surface area (Å²) in [6, 6.07) is 1.06. The first kappa shape index (κ1) is 22.0. The van der Waals surface area contributed by atoms with Crippen LogP contribution < -0.4 is 26.6 Å². The lowest BCUT2D eigenvalue weighted by Gasteiger charge is -2.44. The molecule has 4 aliphatic rings. The molecule has 0 radical (unpaired) electrons. The lowest BCUT2D eigenvalue weighted by atomic mass is 9.95. The van der Waals surface area contributed by atoms with Gasteiger partial charge in [0.25, 0.3) is 0 Å². The highest BCUT2D eigenvalue weighted by Gasteiger charge is 2.39. The van der Waals surface area contributed by atoms with Gasteiger partial charge in [-0.1, -0.05) is 0 Å². The number of nitrogens with one attached hydrogen (secondary N) is 5. The Kier molecular flexibility index (Phi) is 7.25. The van der Waals surface area contributed by atoms with E-state index in [-0.39, 0.29) is 30.2 Å². The van der Waals surface area contributed by atoms with Gasteiger partial charge in [0.1, 0.15) is 6.29 Å². The minimum atomic E-state index is -0.159. The molecule has 9 nitrogen and oxygen atoms in total. The summed E-state index contributed by atoms with van der Waals surface area (Å²) >= 11 is 0. The monoisotopic (exact) mass is 421 g/mol. The molecular weight excluding hydrogens is 382 g/mol. The summed E-state index contributed by atoms with van der Waals surface area (Å²) in [6.45, 7) is 6.57. The first-order chi connectivity index (χ1) is 14.5. The molecule has 0 aromatic carbocycles. The maximum Gasteiger partial charge on any atom is 0.227 e. The van der Waals surface area contributed by atoms with Gasteiger partial charge in [-0.2, -0.15) is 0 Å². The first-order valence-corrected chi connectivity index (χ1v) is 11.7. The molecule has 0 bridgehead atoms. The summed E-state index contributed by atoms with van der Waals surface area (Å²) < 4.78 is 0. The van der Waals surface area contributed by atoms with Gasteiger partial charge >= 0.3 is 0 Å². The number of carbonyl (C=O) groups excluding carboxylic acids is 2. The molecule has 0 spiro atoms. The van der Waals surface area contributed by atoms with Gasteiger partial charge in [-0.05, 0) is 38.0 Å². The molecule has 3 aliphatic heterocycles.